The monoisotopic (exact) mass is 325 g/mol. The highest BCUT2D eigenvalue weighted by molar-refractivity contribution is 6.01. The van der Waals surface area contributed by atoms with Gasteiger partial charge in [-0.3, -0.25) is 9.78 Å². The van der Waals surface area contributed by atoms with Crippen molar-refractivity contribution in [3.8, 4) is 11.1 Å². The highest BCUT2D eigenvalue weighted by atomic mass is 16.5. The Morgan fingerprint density at radius 1 is 1.29 bits per heavy atom. The average Bonchev–Trinajstić information content (AvgIpc) is 2.62. The van der Waals surface area contributed by atoms with Crippen LogP contribution >= 0.6 is 0 Å². The van der Waals surface area contributed by atoms with E-state index >= 15 is 0 Å². The molecule has 2 aromatic rings. The average molecular weight is 325 g/mol. The smallest absolute Gasteiger partial charge is 0.256 e. The Hall–Kier alpha value is -2.24. The van der Waals surface area contributed by atoms with E-state index in [0.717, 1.165) is 23.2 Å². The van der Waals surface area contributed by atoms with Crippen LogP contribution < -0.4 is 5.73 Å². The van der Waals surface area contributed by atoms with Crippen LogP contribution in [0.1, 0.15) is 22.5 Å². The molecule has 0 aliphatic carbocycles. The summed E-state index contributed by atoms with van der Waals surface area (Å²) in [7, 11) is 1.64. The molecule has 2 heterocycles. The summed E-state index contributed by atoms with van der Waals surface area (Å²) in [5.74, 6) is -0.00611. The van der Waals surface area contributed by atoms with Gasteiger partial charge in [0, 0.05) is 32.4 Å². The van der Waals surface area contributed by atoms with Crippen molar-refractivity contribution in [2.45, 2.75) is 25.5 Å². The standard InChI is InChI=1S/C19H23N3O2/c1-13-18(15(8-10-21-13)14-6-4-3-5-7-14)19(23)22-11-9-16(20)17(12-22)24-2/h3-8,10,16-17H,9,11-12,20H2,1-2H3/t16-,17+/m0/s1. The zero-order chi connectivity index (χ0) is 17.1. The highest BCUT2D eigenvalue weighted by Gasteiger charge is 2.31. The van der Waals surface area contributed by atoms with Crippen LogP contribution in [0.5, 0.6) is 0 Å². The maximum atomic E-state index is 13.2. The van der Waals surface area contributed by atoms with Crippen molar-refractivity contribution in [1.29, 1.82) is 0 Å². The molecule has 0 unspecified atom stereocenters. The van der Waals surface area contributed by atoms with Gasteiger partial charge in [-0.1, -0.05) is 30.3 Å². The van der Waals surface area contributed by atoms with Crippen LogP contribution in [0.25, 0.3) is 11.1 Å². The topological polar surface area (TPSA) is 68.5 Å². The van der Waals surface area contributed by atoms with E-state index in [1.807, 2.05) is 48.2 Å². The Morgan fingerprint density at radius 2 is 2.04 bits per heavy atom. The van der Waals surface area contributed by atoms with E-state index in [9.17, 15) is 4.79 Å². The largest absolute Gasteiger partial charge is 0.378 e. The van der Waals surface area contributed by atoms with Gasteiger partial charge in [-0.05, 0) is 30.5 Å². The number of carbonyl (C=O) groups is 1. The molecule has 3 rings (SSSR count). The molecule has 0 radical (unpaired) electrons. The molecule has 1 fully saturated rings. The van der Waals surface area contributed by atoms with Crippen LogP contribution in [0, 0.1) is 6.92 Å². The van der Waals surface area contributed by atoms with Gasteiger partial charge in [-0.15, -0.1) is 0 Å². The molecule has 0 spiro atoms. The molecular weight excluding hydrogens is 302 g/mol. The van der Waals surface area contributed by atoms with Crippen LogP contribution in [0.4, 0.5) is 0 Å². The lowest BCUT2D eigenvalue weighted by Gasteiger charge is -2.36. The summed E-state index contributed by atoms with van der Waals surface area (Å²) >= 11 is 0. The highest BCUT2D eigenvalue weighted by Crippen LogP contribution is 2.27. The van der Waals surface area contributed by atoms with Gasteiger partial charge >= 0.3 is 0 Å². The number of nitrogens with zero attached hydrogens (tertiary/aromatic N) is 2. The minimum Gasteiger partial charge on any atom is -0.378 e. The van der Waals surface area contributed by atoms with Crippen molar-refractivity contribution < 1.29 is 9.53 Å². The van der Waals surface area contributed by atoms with Crippen LogP contribution in [0.3, 0.4) is 0 Å². The van der Waals surface area contributed by atoms with Crippen LogP contribution in [-0.2, 0) is 4.74 Å². The number of methoxy groups -OCH3 is 1. The van der Waals surface area contributed by atoms with Crippen molar-refractivity contribution in [3.63, 3.8) is 0 Å². The van der Waals surface area contributed by atoms with E-state index < -0.39 is 0 Å². The molecule has 5 nitrogen and oxygen atoms in total. The minimum atomic E-state index is -0.125. The van der Waals surface area contributed by atoms with Gasteiger partial charge in [0.25, 0.3) is 5.91 Å². The van der Waals surface area contributed by atoms with Gasteiger partial charge in [0.05, 0.1) is 17.4 Å². The molecule has 1 amide bonds. The third kappa shape index (κ3) is 3.18. The van der Waals surface area contributed by atoms with Crippen LogP contribution in [0.15, 0.2) is 42.6 Å². The summed E-state index contributed by atoms with van der Waals surface area (Å²) in [6.07, 6.45) is 2.36. The number of rotatable bonds is 3. The molecule has 5 heteroatoms. The summed E-state index contributed by atoms with van der Waals surface area (Å²) in [6.45, 7) is 3.03. The number of benzene rings is 1. The lowest BCUT2D eigenvalue weighted by atomic mass is 9.96. The first-order valence-electron chi connectivity index (χ1n) is 8.20. The van der Waals surface area contributed by atoms with Crippen molar-refractivity contribution in [1.82, 2.24) is 9.88 Å². The summed E-state index contributed by atoms with van der Waals surface area (Å²) < 4.78 is 5.43. The number of pyridine rings is 1. The number of aromatic nitrogens is 1. The molecular formula is C19H23N3O2. The van der Waals surface area contributed by atoms with E-state index in [2.05, 4.69) is 4.98 Å². The summed E-state index contributed by atoms with van der Waals surface area (Å²) in [4.78, 5) is 19.3. The molecule has 1 aliphatic rings. The second kappa shape index (κ2) is 7.11. The third-order valence-corrected chi connectivity index (χ3v) is 4.64. The second-order valence-corrected chi connectivity index (χ2v) is 6.16. The normalized spacial score (nSPS) is 20.9. The molecule has 1 saturated heterocycles. The van der Waals surface area contributed by atoms with E-state index in [1.165, 1.54) is 0 Å². The number of hydrogen-bond donors (Lipinski definition) is 1. The van der Waals surface area contributed by atoms with Gasteiger partial charge in [-0.2, -0.15) is 0 Å². The van der Waals surface area contributed by atoms with Crippen LogP contribution in [-0.4, -0.2) is 48.1 Å². The minimum absolute atomic E-state index is 0.00611. The molecule has 126 valence electrons. The first kappa shape index (κ1) is 16.6. The Labute approximate surface area is 142 Å². The summed E-state index contributed by atoms with van der Waals surface area (Å²) in [5, 5.41) is 0. The fourth-order valence-corrected chi connectivity index (χ4v) is 3.22. The predicted molar refractivity (Wildman–Crippen MR) is 93.7 cm³/mol. The zero-order valence-corrected chi connectivity index (χ0v) is 14.1. The van der Waals surface area contributed by atoms with Crippen molar-refractivity contribution in [3.05, 3.63) is 53.9 Å². The van der Waals surface area contributed by atoms with Gasteiger partial charge < -0.3 is 15.4 Å². The number of nitrogens with two attached hydrogens (primary N) is 1. The van der Waals surface area contributed by atoms with E-state index in [0.29, 0.717) is 18.7 Å². The Kier molecular flexibility index (Phi) is 4.92. The molecule has 1 aromatic carbocycles. The second-order valence-electron chi connectivity index (χ2n) is 6.16. The molecule has 2 atom stereocenters. The number of hydrogen-bond acceptors (Lipinski definition) is 4. The fourth-order valence-electron chi connectivity index (χ4n) is 3.22. The number of carbonyl (C=O) groups excluding carboxylic acids is 1. The van der Waals surface area contributed by atoms with Gasteiger partial charge in [0.1, 0.15) is 0 Å². The van der Waals surface area contributed by atoms with E-state index in [1.54, 1.807) is 13.3 Å². The number of piperidine rings is 1. The molecule has 1 aromatic heterocycles. The lowest BCUT2D eigenvalue weighted by molar-refractivity contribution is 0.0162. The SMILES string of the molecule is CO[C@@H]1CN(C(=O)c2c(-c3ccccc3)ccnc2C)CC[C@@H]1N. The quantitative estimate of drug-likeness (QED) is 0.940. The number of amides is 1. The lowest BCUT2D eigenvalue weighted by Crippen LogP contribution is -2.53. The number of aryl methyl sites for hydroxylation is 1. The third-order valence-electron chi connectivity index (χ3n) is 4.64. The first-order chi connectivity index (χ1) is 11.6. The molecule has 24 heavy (non-hydrogen) atoms. The first-order valence-corrected chi connectivity index (χ1v) is 8.20. The Bertz CT molecular complexity index is 718. The molecule has 0 saturated carbocycles. The maximum absolute atomic E-state index is 13.2. The maximum Gasteiger partial charge on any atom is 0.256 e. The zero-order valence-electron chi connectivity index (χ0n) is 14.1. The number of likely N-dealkylation sites (tertiary alicyclic amines) is 1. The fraction of sp³-hybridized carbons (Fsp3) is 0.368. The van der Waals surface area contributed by atoms with Crippen molar-refractivity contribution in [2.24, 2.45) is 5.73 Å². The molecule has 1 aliphatic heterocycles. The van der Waals surface area contributed by atoms with Gasteiger partial charge in [0.15, 0.2) is 0 Å². The molecule has 2 N–H and O–H groups in total. The van der Waals surface area contributed by atoms with Crippen molar-refractivity contribution in [2.75, 3.05) is 20.2 Å². The predicted octanol–water partition coefficient (Wildman–Crippen LogP) is 2.25. The number of ether oxygens (including phenoxy) is 1. The Balaban J connectivity index is 1.96. The Morgan fingerprint density at radius 3 is 2.75 bits per heavy atom. The van der Waals surface area contributed by atoms with Crippen molar-refractivity contribution >= 4 is 5.91 Å². The van der Waals surface area contributed by atoms with E-state index in [-0.39, 0.29) is 18.1 Å². The van der Waals surface area contributed by atoms with Gasteiger partial charge in [0.2, 0.25) is 0 Å². The summed E-state index contributed by atoms with van der Waals surface area (Å²) in [5.41, 5.74) is 9.40. The summed E-state index contributed by atoms with van der Waals surface area (Å²) in [6, 6.07) is 11.8. The van der Waals surface area contributed by atoms with Crippen LogP contribution in [0.2, 0.25) is 0 Å². The molecule has 0 bridgehead atoms. The van der Waals surface area contributed by atoms with Gasteiger partial charge in [-0.25, -0.2) is 0 Å². The van der Waals surface area contributed by atoms with E-state index in [4.69, 9.17) is 10.5 Å².